The van der Waals surface area contributed by atoms with Gasteiger partial charge in [-0.15, -0.1) is 0 Å². The molecule has 4 nitrogen and oxygen atoms in total. The zero-order valence-corrected chi connectivity index (χ0v) is 5.38. The van der Waals surface area contributed by atoms with Gasteiger partial charge in [0, 0.05) is 0 Å². The molecular formula is C7H7NO3. The highest BCUT2D eigenvalue weighted by molar-refractivity contribution is 5.92. The second-order valence-electron chi connectivity index (χ2n) is 1.82. The van der Waals surface area contributed by atoms with Crippen molar-refractivity contribution in [2.24, 2.45) is 0 Å². The molecule has 0 amide bonds. The summed E-state index contributed by atoms with van der Waals surface area (Å²) in [4.78, 5) is 10.6. The van der Waals surface area contributed by atoms with Crippen molar-refractivity contribution in [2.75, 3.05) is 5.73 Å². The van der Waals surface area contributed by atoms with Crippen LogP contribution in [-0.2, 0) is 0 Å². The van der Waals surface area contributed by atoms with Crippen LogP contribution in [0.25, 0.3) is 0 Å². The van der Waals surface area contributed by atoms with Crippen molar-refractivity contribution in [2.45, 2.75) is 0 Å². The van der Waals surface area contributed by atoms with Gasteiger partial charge in [0.1, 0.15) is 5.56 Å². The molecule has 0 aliphatic carbocycles. The minimum Gasteiger partial charge on any atom is -0.505 e. The summed E-state index contributed by atoms with van der Waals surface area (Å²) in [7, 11) is 0. The highest BCUT2D eigenvalue weighted by Gasteiger charge is 2.09. The fourth-order valence-electron chi connectivity index (χ4n) is 0.569. The van der Waals surface area contributed by atoms with Gasteiger partial charge < -0.3 is 15.9 Å². The largest absolute Gasteiger partial charge is 0.505 e. The maximum atomic E-state index is 10.6. The van der Waals surface area contributed by atoms with Crippen molar-refractivity contribution in [1.29, 1.82) is 0 Å². The Kier molecular flexibility index (Phi) is 0.958. The Morgan fingerprint density at radius 3 is 2.82 bits per heavy atom. The third-order valence-electron chi connectivity index (χ3n) is 1.09. The number of phenols is 1. The Labute approximate surface area is 67.1 Å². The SMILES string of the molecule is [2H]c1c([2H])c(N)c(O)c(C(=O)O)c1[2H]. The monoisotopic (exact) mass is 156 g/mol. The predicted molar refractivity (Wildman–Crippen MR) is 39.5 cm³/mol. The molecule has 0 heterocycles. The molecular weight excluding hydrogens is 146 g/mol. The summed E-state index contributed by atoms with van der Waals surface area (Å²) in [6, 6.07) is -1.87. The van der Waals surface area contributed by atoms with Crippen LogP contribution >= 0.6 is 0 Å². The topological polar surface area (TPSA) is 83.5 Å². The van der Waals surface area contributed by atoms with Crippen molar-refractivity contribution in [1.82, 2.24) is 0 Å². The zero-order chi connectivity index (χ0) is 11.0. The Morgan fingerprint density at radius 2 is 2.27 bits per heavy atom. The van der Waals surface area contributed by atoms with E-state index in [-0.39, 0.29) is 0 Å². The second kappa shape index (κ2) is 2.49. The van der Waals surface area contributed by atoms with Gasteiger partial charge >= 0.3 is 5.97 Å². The summed E-state index contributed by atoms with van der Waals surface area (Å²) in [5, 5.41) is 17.8. The first-order chi connectivity index (χ1) is 6.37. The number of aromatic hydroxyl groups is 1. The molecule has 0 radical (unpaired) electrons. The van der Waals surface area contributed by atoms with Crippen molar-refractivity contribution in [3.05, 3.63) is 23.7 Å². The summed E-state index contributed by atoms with van der Waals surface area (Å²) >= 11 is 0. The Morgan fingerprint density at radius 1 is 1.64 bits per heavy atom. The third kappa shape index (κ3) is 1.24. The number of benzene rings is 1. The molecule has 11 heavy (non-hydrogen) atoms. The number of rotatable bonds is 1. The molecule has 0 saturated carbocycles. The van der Waals surface area contributed by atoms with Gasteiger partial charge in [0.15, 0.2) is 5.75 Å². The number of carboxylic acids is 1. The first-order valence-corrected chi connectivity index (χ1v) is 2.69. The minimum absolute atomic E-state index is 0.497. The lowest BCUT2D eigenvalue weighted by Gasteiger charge is -2.00. The van der Waals surface area contributed by atoms with Crippen LogP contribution in [0.3, 0.4) is 0 Å². The molecule has 4 N–H and O–H groups in total. The van der Waals surface area contributed by atoms with Gasteiger partial charge in [0.25, 0.3) is 0 Å². The zero-order valence-electron chi connectivity index (χ0n) is 8.38. The van der Waals surface area contributed by atoms with Gasteiger partial charge in [0.05, 0.1) is 9.80 Å². The number of hydrogen-bond donors (Lipinski definition) is 3. The van der Waals surface area contributed by atoms with Crippen molar-refractivity contribution in [3.63, 3.8) is 0 Å². The molecule has 4 heteroatoms. The van der Waals surface area contributed by atoms with Crippen LogP contribution < -0.4 is 5.73 Å². The lowest BCUT2D eigenvalue weighted by molar-refractivity contribution is 0.0694. The molecule has 0 aliphatic heterocycles. The van der Waals surface area contributed by atoms with E-state index in [9.17, 15) is 9.90 Å². The van der Waals surface area contributed by atoms with Crippen LogP contribution in [0.15, 0.2) is 18.1 Å². The average Bonchev–Trinajstić information content (AvgIpc) is 2.11. The summed E-state index contributed by atoms with van der Waals surface area (Å²) in [5.74, 6) is -2.38. The second-order valence-corrected chi connectivity index (χ2v) is 1.82. The fraction of sp³-hybridized carbons (Fsp3) is 0. The number of carboxylic acid groups (broad SMARTS) is 1. The third-order valence-corrected chi connectivity index (χ3v) is 1.09. The Hall–Kier alpha value is -1.71. The number of anilines is 1. The van der Waals surface area contributed by atoms with Crippen molar-refractivity contribution < 1.29 is 19.1 Å². The molecule has 0 aromatic heterocycles. The van der Waals surface area contributed by atoms with Gasteiger partial charge in [-0.2, -0.15) is 0 Å². The number of aromatic carboxylic acids is 1. The number of nitrogens with two attached hydrogens (primary N) is 1. The van der Waals surface area contributed by atoms with E-state index >= 15 is 0 Å². The quantitative estimate of drug-likeness (QED) is 0.412. The Balaban J connectivity index is 3.68. The summed E-state index contributed by atoms with van der Waals surface area (Å²) < 4.78 is 21.6. The fourth-order valence-corrected chi connectivity index (χ4v) is 0.569. The van der Waals surface area contributed by atoms with Crippen LogP contribution in [-0.4, -0.2) is 16.2 Å². The van der Waals surface area contributed by atoms with Crippen LogP contribution in [0.1, 0.15) is 14.5 Å². The molecule has 0 aliphatic rings. The molecule has 1 aromatic carbocycles. The molecule has 1 aromatic rings. The highest BCUT2D eigenvalue weighted by atomic mass is 16.4. The molecule has 0 unspecified atom stereocenters. The van der Waals surface area contributed by atoms with Crippen molar-refractivity contribution >= 4 is 11.7 Å². The number of hydrogen-bond acceptors (Lipinski definition) is 3. The van der Waals surface area contributed by atoms with E-state index < -0.39 is 41.1 Å². The van der Waals surface area contributed by atoms with Crippen LogP contribution in [0.4, 0.5) is 5.69 Å². The number of para-hydroxylation sites is 1. The molecule has 0 bridgehead atoms. The van der Waals surface area contributed by atoms with E-state index in [1.807, 2.05) is 0 Å². The molecule has 0 fully saturated rings. The van der Waals surface area contributed by atoms with E-state index in [1.165, 1.54) is 0 Å². The average molecular weight is 156 g/mol. The van der Waals surface area contributed by atoms with Crippen molar-refractivity contribution in [3.8, 4) is 5.75 Å². The van der Waals surface area contributed by atoms with E-state index in [4.69, 9.17) is 15.0 Å². The first kappa shape index (κ1) is 4.23. The highest BCUT2D eigenvalue weighted by Crippen LogP contribution is 2.23. The predicted octanol–water partition coefficient (Wildman–Crippen LogP) is 0.673. The molecule has 0 atom stereocenters. The molecule has 0 saturated heterocycles. The van der Waals surface area contributed by atoms with E-state index in [2.05, 4.69) is 0 Å². The summed E-state index contributed by atoms with van der Waals surface area (Å²) in [6.07, 6.45) is 0. The lowest BCUT2D eigenvalue weighted by atomic mass is 10.2. The summed E-state index contributed by atoms with van der Waals surface area (Å²) in [5.41, 5.74) is 3.94. The molecule has 58 valence electrons. The maximum absolute atomic E-state index is 10.6. The van der Waals surface area contributed by atoms with Gasteiger partial charge in [-0.1, -0.05) is 6.04 Å². The van der Waals surface area contributed by atoms with Gasteiger partial charge in [-0.3, -0.25) is 0 Å². The summed E-state index contributed by atoms with van der Waals surface area (Å²) in [6.45, 7) is 0. The van der Waals surface area contributed by atoms with Crippen LogP contribution in [0.5, 0.6) is 5.75 Å². The van der Waals surface area contributed by atoms with Crippen LogP contribution in [0, 0.1) is 0 Å². The van der Waals surface area contributed by atoms with E-state index in [0.29, 0.717) is 0 Å². The molecule has 1 rings (SSSR count). The van der Waals surface area contributed by atoms with Crippen LogP contribution in [0.2, 0.25) is 0 Å². The van der Waals surface area contributed by atoms with E-state index in [0.717, 1.165) is 0 Å². The Bertz CT molecular complexity index is 390. The van der Waals surface area contributed by atoms with Gasteiger partial charge in [-0.25, -0.2) is 4.79 Å². The maximum Gasteiger partial charge on any atom is 0.339 e. The first-order valence-electron chi connectivity index (χ1n) is 4.19. The smallest absolute Gasteiger partial charge is 0.339 e. The lowest BCUT2D eigenvalue weighted by Crippen LogP contribution is -1.98. The number of nitrogen functional groups attached to an aromatic ring is 1. The number of carbonyl (C=O) groups is 1. The minimum atomic E-state index is -1.55. The normalized spacial score (nSPS) is 13.3. The van der Waals surface area contributed by atoms with Gasteiger partial charge in [-0.05, 0) is 12.1 Å². The standard InChI is InChI=1S/C7H7NO3/c8-5-3-1-2-4(6(5)9)7(10)11/h1-3,9H,8H2,(H,10,11)/i1D,2D,3D. The van der Waals surface area contributed by atoms with Gasteiger partial charge in [0.2, 0.25) is 0 Å². The van der Waals surface area contributed by atoms with E-state index in [1.54, 1.807) is 0 Å². The molecule has 0 spiro atoms.